The molecule has 1 saturated carbocycles. The normalized spacial score (nSPS) is 33.1. The quantitative estimate of drug-likeness (QED) is 0.500. The number of esters is 1. The third-order valence-electron chi connectivity index (χ3n) is 9.10. The molecule has 0 aromatic heterocycles. The zero-order valence-corrected chi connectivity index (χ0v) is 22.0. The molecule has 5 heteroatoms. The molecule has 1 unspecified atom stereocenters. The molecule has 4 rings (SSSR count). The van der Waals surface area contributed by atoms with Crippen molar-refractivity contribution in [2.24, 2.45) is 23.7 Å². The van der Waals surface area contributed by atoms with Crippen LogP contribution in [-0.2, 0) is 9.53 Å². The van der Waals surface area contributed by atoms with E-state index in [-0.39, 0.29) is 23.9 Å². The van der Waals surface area contributed by atoms with Crippen molar-refractivity contribution in [1.29, 1.82) is 0 Å². The summed E-state index contributed by atoms with van der Waals surface area (Å²) >= 11 is 0. The van der Waals surface area contributed by atoms with Crippen molar-refractivity contribution >= 4 is 11.7 Å². The maximum atomic E-state index is 11.8. The Hall–Kier alpha value is -1.85. The number of piperazine rings is 1. The van der Waals surface area contributed by atoms with E-state index in [2.05, 4.69) is 68.7 Å². The molecule has 188 valence electrons. The van der Waals surface area contributed by atoms with Gasteiger partial charge in [-0.05, 0) is 80.2 Å². The van der Waals surface area contributed by atoms with Crippen LogP contribution in [0.3, 0.4) is 0 Å². The Morgan fingerprint density at radius 3 is 2.50 bits per heavy atom. The summed E-state index contributed by atoms with van der Waals surface area (Å²) in [6, 6.07) is 6.81. The summed E-state index contributed by atoms with van der Waals surface area (Å²) in [5.41, 5.74) is 4.35. The van der Waals surface area contributed by atoms with Crippen LogP contribution in [0.1, 0.15) is 58.1 Å². The lowest BCUT2D eigenvalue weighted by molar-refractivity contribution is -0.159. The highest BCUT2D eigenvalue weighted by Crippen LogP contribution is 2.51. The Bertz CT molecular complexity index is 920. The van der Waals surface area contributed by atoms with Crippen LogP contribution < -0.4 is 4.90 Å². The molecule has 0 spiro atoms. The molecule has 1 aromatic rings. The highest BCUT2D eigenvalue weighted by atomic mass is 16.5. The number of nitrogens with zero attached hydrogens (tertiary/aromatic N) is 2. The molecule has 2 aliphatic carbocycles. The van der Waals surface area contributed by atoms with Gasteiger partial charge in [-0.2, -0.15) is 0 Å². The van der Waals surface area contributed by atoms with Crippen molar-refractivity contribution in [2.75, 3.05) is 37.6 Å². The van der Waals surface area contributed by atoms with Gasteiger partial charge in [-0.1, -0.05) is 26.0 Å². The molecular weight excluding hydrogens is 424 g/mol. The molecule has 1 aliphatic heterocycles. The summed E-state index contributed by atoms with van der Waals surface area (Å²) < 4.78 is 5.56. The lowest BCUT2D eigenvalue weighted by Gasteiger charge is -2.53. The molecule has 1 saturated heterocycles. The summed E-state index contributed by atoms with van der Waals surface area (Å²) in [4.78, 5) is 16.7. The number of carbonyl (C=O) groups is 1. The van der Waals surface area contributed by atoms with E-state index in [1.165, 1.54) is 23.7 Å². The van der Waals surface area contributed by atoms with Crippen LogP contribution in [0.15, 0.2) is 29.8 Å². The number of hydrogen-bond acceptors (Lipinski definition) is 5. The molecule has 6 atom stereocenters. The van der Waals surface area contributed by atoms with Crippen molar-refractivity contribution in [3.63, 3.8) is 0 Å². The van der Waals surface area contributed by atoms with E-state index in [4.69, 9.17) is 4.74 Å². The van der Waals surface area contributed by atoms with Gasteiger partial charge in [0, 0.05) is 57.7 Å². The van der Waals surface area contributed by atoms with E-state index < -0.39 is 5.60 Å². The fourth-order valence-electron chi connectivity index (χ4n) is 6.65. The molecule has 0 radical (unpaired) electrons. The largest absolute Gasteiger partial charge is 0.458 e. The third-order valence-corrected chi connectivity index (χ3v) is 9.10. The molecule has 3 aliphatic rings. The minimum Gasteiger partial charge on any atom is -0.458 e. The Labute approximate surface area is 206 Å². The standard InChI is InChI=1S/C29H44N2O3/c1-19-7-9-25(15-20(19)2)31-13-11-30(12-14-31)18-22(4)26-10-8-23(5)29(33)17-28(34-24(6)32)21(3)16-27(26)29/h7,9,15-16,22-23,26-28,33H,8,10-14,17-18H2,1-6H3/t22?,23-,26+,27-,28-,29-/m1/s1. The Balaban J connectivity index is 1.40. The SMILES string of the molecule is CC(=O)O[C@@H]1C[C@@]2(O)[C@H](C)CC[C@@H](C(C)CN3CCN(c4ccc(C)c(C)c4)CC3)[C@H]2C=C1C. The van der Waals surface area contributed by atoms with Gasteiger partial charge >= 0.3 is 5.97 Å². The first kappa shape index (κ1) is 25.2. The average molecular weight is 469 g/mol. The van der Waals surface area contributed by atoms with Crippen LogP contribution in [0, 0.1) is 37.5 Å². The third kappa shape index (κ3) is 5.06. The Kier molecular flexibility index (Phi) is 7.44. The molecule has 0 bridgehead atoms. The lowest BCUT2D eigenvalue weighted by atomic mass is 9.57. The molecule has 0 amide bonds. The van der Waals surface area contributed by atoms with Gasteiger partial charge in [0.05, 0.1) is 5.60 Å². The van der Waals surface area contributed by atoms with E-state index >= 15 is 0 Å². The average Bonchev–Trinajstić information content (AvgIpc) is 2.78. The van der Waals surface area contributed by atoms with Gasteiger partial charge < -0.3 is 14.7 Å². The Morgan fingerprint density at radius 2 is 1.85 bits per heavy atom. The number of ether oxygens (including phenoxy) is 1. The van der Waals surface area contributed by atoms with Crippen molar-refractivity contribution in [3.05, 3.63) is 41.0 Å². The fraction of sp³-hybridized carbons (Fsp3) is 0.690. The van der Waals surface area contributed by atoms with E-state index in [1.54, 1.807) is 0 Å². The molecule has 34 heavy (non-hydrogen) atoms. The van der Waals surface area contributed by atoms with Crippen LogP contribution in [0.5, 0.6) is 0 Å². The smallest absolute Gasteiger partial charge is 0.303 e. The topological polar surface area (TPSA) is 53.0 Å². The maximum Gasteiger partial charge on any atom is 0.303 e. The van der Waals surface area contributed by atoms with Gasteiger partial charge in [-0.3, -0.25) is 9.69 Å². The number of aryl methyl sites for hydroxylation is 2. The molecule has 1 aromatic carbocycles. The fourth-order valence-corrected chi connectivity index (χ4v) is 6.65. The highest BCUT2D eigenvalue weighted by molar-refractivity contribution is 5.66. The highest BCUT2D eigenvalue weighted by Gasteiger charge is 2.52. The predicted molar refractivity (Wildman–Crippen MR) is 138 cm³/mol. The molecular formula is C29H44N2O3. The minimum absolute atomic E-state index is 0.134. The first-order chi connectivity index (χ1) is 16.1. The van der Waals surface area contributed by atoms with E-state index in [9.17, 15) is 9.90 Å². The van der Waals surface area contributed by atoms with Crippen LogP contribution in [-0.4, -0.2) is 60.4 Å². The van der Waals surface area contributed by atoms with Gasteiger partial charge in [0.2, 0.25) is 0 Å². The van der Waals surface area contributed by atoms with Crippen molar-refractivity contribution < 1.29 is 14.6 Å². The maximum absolute atomic E-state index is 11.8. The van der Waals surface area contributed by atoms with Gasteiger partial charge in [-0.15, -0.1) is 0 Å². The second-order valence-electron chi connectivity index (χ2n) is 11.4. The zero-order chi connectivity index (χ0) is 24.6. The van der Waals surface area contributed by atoms with Crippen molar-refractivity contribution in [2.45, 2.75) is 72.5 Å². The number of anilines is 1. The molecule has 2 fully saturated rings. The number of benzene rings is 1. The minimum atomic E-state index is -0.793. The summed E-state index contributed by atoms with van der Waals surface area (Å²) in [7, 11) is 0. The lowest BCUT2D eigenvalue weighted by Crippen LogP contribution is -2.56. The second kappa shape index (κ2) is 10.0. The van der Waals surface area contributed by atoms with Crippen molar-refractivity contribution in [1.82, 2.24) is 4.90 Å². The van der Waals surface area contributed by atoms with Crippen LogP contribution in [0.25, 0.3) is 0 Å². The van der Waals surface area contributed by atoms with Gasteiger partial charge in [-0.25, -0.2) is 0 Å². The molecule has 1 N–H and O–H groups in total. The summed E-state index contributed by atoms with van der Waals surface area (Å²) in [5, 5.41) is 11.8. The first-order valence-corrected chi connectivity index (χ1v) is 13.2. The second-order valence-corrected chi connectivity index (χ2v) is 11.4. The number of fused-ring (bicyclic) bond motifs is 1. The van der Waals surface area contributed by atoms with Crippen LogP contribution >= 0.6 is 0 Å². The Morgan fingerprint density at radius 1 is 1.15 bits per heavy atom. The summed E-state index contributed by atoms with van der Waals surface area (Å²) in [6.07, 6.45) is 4.65. The first-order valence-electron chi connectivity index (χ1n) is 13.2. The van der Waals surface area contributed by atoms with Crippen LogP contribution in [0.2, 0.25) is 0 Å². The zero-order valence-electron chi connectivity index (χ0n) is 22.0. The van der Waals surface area contributed by atoms with Gasteiger partial charge in [0.25, 0.3) is 0 Å². The predicted octanol–water partition coefficient (Wildman–Crippen LogP) is 4.74. The number of hydrogen-bond donors (Lipinski definition) is 1. The molecule has 5 nitrogen and oxygen atoms in total. The summed E-state index contributed by atoms with van der Waals surface area (Å²) in [5.74, 6) is 1.03. The monoisotopic (exact) mass is 468 g/mol. The number of carbonyl (C=O) groups excluding carboxylic acids is 1. The number of rotatable bonds is 5. The number of aliphatic hydroxyl groups is 1. The van der Waals surface area contributed by atoms with Gasteiger partial charge in [0.15, 0.2) is 0 Å². The van der Waals surface area contributed by atoms with E-state index in [0.717, 1.165) is 51.1 Å². The van der Waals surface area contributed by atoms with E-state index in [1.807, 2.05) is 0 Å². The van der Waals surface area contributed by atoms with E-state index in [0.29, 0.717) is 18.3 Å². The summed E-state index contributed by atoms with van der Waals surface area (Å²) in [6.45, 7) is 17.8. The van der Waals surface area contributed by atoms with Gasteiger partial charge in [0.1, 0.15) is 6.10 Å². The molecule has 1 heterocycles. The van der Waals surface area contributed by atoms with Crippen LogP contribution in [0.4, 0.5) is 5.69 Å². The van der Waals surface area contributed by atoms with Crippen molar-refractivity contribution in [3.8, 4) is 0 Å².